The zero-order valence-electron chi connectivity index (χ0n) is 16.7. The summed E-state index contributed by atoms with van der Waals surface area (Å²) in [4.78, 5) is 29.9. The largest absolute Gasteiger partial charge is 0.497 e. The Bertz CT molecular complexity index is 1240. The van der Waals surface area contributed by atoms with Crippen molar-refractivity contribution in [3.05, 3.63) is 82.4 Å². The number of amides is 1. The fourth-order valence-corrected chi connectivity index (χ4v) is 3.18. The molecule has 0 unspecified atom stereocenters. The van der Waals surface area contributed by atoms with Crippen molar-refractivity contribution >= 4 is 11.6 Å². The molecular weight excluding hydrogens is 382 g/mol. The van der Waals surface area contributed by atoms with Crippen LogP contribution in [0, 0.1) is 6.92 Å². The quantitative estimate of drug-likeness (QED) is 0.533. The molecule has 152 valence electrons. The minimum Gasteiger partial charge on any atom is -0.497 e. The van der Waals surface area contributed by atoms with Crippen molar-refractivity contribution in [1.82, 2.24) is 24.5 Å². The molecule has 0 aliphatic rings. The van der Waals surface area contributed by atoms with Gasteiger partial charge in [0.2, 0.25) is 5.91 Å². The lowest BCUT2D eigenvalue weighted by Crippen LogP contribution is -2.32. The van der Waals surface area contributed by atoms with E-state index >= 15 is 0 Å². The summed E-state index contributed by atoms with van der Waals surface area (Å²) in [5.41, 5.74) is 2.47. The maximum absolute atomic E-state index is 13.0. The highest BCUT2D eigenvalue weighted by Gasteiger charge is 2.16. The summed E-state index contributed by atoms with van der Waals surface area (Å²) in [6.07, 6.45) is 0. The van der Waals surface area contributed by atoms with Crippen LogP contribution in [0.15, 0.2) is 65.5 Å². The van der Waals surface area contributed by atoms with Gasteiger partial charge in [-0.25, -0.2) is 18.9 Å². The van der Waals surface area contributed by atoms with E-state index in [9.17, 15) is 9.59 Å². The van der Waals surface area contributed by atoms with Crippen molar-refractivity contribution in [3.63, 3.8) is 0 Å². The summed E-state index contributed by atoms with van der Waals surface area (Å²) in [6.45, 7) is 2.05. The number of fused-ring (bicyclic) bond motifs is 1. The third-order valence-electron chi connectivity index (χ3n) is 4.67. The van der Waals surface area contributed by atoms with E-state index in [0.29, 0.717) is 23.8 Å². The first kappa shape index (κ1) is 19.4. The molecule has 8 nitrogen and oxygen atoms in total. The van der Waals surface area contributed by atoms with Crippen LogP contribution in [0.2, 0.25) is 0 Å². The van der Waals surface area contributed by atoms with Gasteiger partial charge >= 0.3 is 5.69 Å². The average molecular weight is 403 g/mol. The number of methoxy groups -OCH3 is 1. The smallest absolute Gasteiger partial charge is 0.352 e. The van der Waals surface area contributed by atoms with Gasteiger partial charge in [-0.15, -0.1) is 5.10 Å². The van der Waals surface area contributed by atoms with Gasteiger partial charge in [-0.1, -0.05) is 30.3 Å². The van der Waals surface area contributed by atoms with Crippen molar-refractivity contribution in [1.29, 1.82) is 0 Å². The lowest BCUT2D eigenvalue weighted by molar-refractivity contribution is -0.122. The van der Waals surface area contributed by atoms with Crippen molar-refractivity contribution in [2.24, 2.45) is 0 Å². The Labute approximate surface area is 172 Å². The Hall–Kier alpha value is -3.94. The molecule has 1 N–H and O–H groups in total. The predicted molar refractivity (Wildman–Crippen MR) is 112 cm³/mol. The number of hydrogen-bond donors (Lipinski definition) is 1. The molecule has 0 fully saturated rings. The Kier molecular flexibility index (Phi) is 5.30. The number of hydrogen-bond acceptors (Lipinski definition) is 5. The van der Waals surface area contributed by atoms with Gasteiger partial charge in [0, 0.05) is 23.9 Å². The lowest BCUT2D eigenvalue weighted by Gasteiger charge is -2.06. The Balaban J connectivity index is 1.63. The van der Waals surface area contributed by atoms with Gasteiger partial charge in [0.25, 0.3) is 0 Å². The number of nitrogens with zero attached hydrogens (tertiary/aromatic N) is 4. The first-order valence-corrected chi connectivity index (χ1v) is 9.47. The molecule has 4 rings (SSSR count). The van der Waals surface area contributed by atoms with Crippen molar-refractivity contribution in [2.45, 2.75) is 20.0 Å². The lowest BCUT2D eigenvalue weighted by atomic mass is 10.2. The number of rotatable bonds is 6. The van der Waals surface area contributed by atoms with E-state index in [-0.39, 0.29) is 12.5 Å². The number of carbonyl (C=O) groups is 1. The highest BCUT2D eigenvalue weighted by atomic mass is 16.5. The third-order valence-corrected chi connectivity index (χ3v) is 4.67. The Morgan fingerprint density at radius 3 is 2.53 bits per heavy atom. The van der Waals surface area contributed by atoms with Crippen LogP contribution >= 0.6 is 0 Å². The van der Waals surface area contributed by atoms with Gasteiger partial charge in [-0.3, -0.25) is 4.79 Å². The van der Waals surface area contributed by atoms with Crippen LogP contribution in [0.1, 0.15) is 11.3 Å². The number of aromatic nitrogens is 4. The van der Waals surface area contributed by atoms with Gasteiger partial charge in [0.05, 0.1) is 7.11 Å². The number of carbonyl (C=O) groups excluding carboxylic acids is 1. The highest BCUT2D eigenvalue weighted by molar-refractivity contribution is 5.75. The maximum Gasteiger partial charge on any atom is 0.352 e. The molecule has 0 bridgehead atoms. The maximum atomic E-state index is 13.0. The van der Waals surface area contributed by atoms with Crippen LogP contribution in [-0.2, 0) is 17.9 Å². The van der Waals surface area contributed by atoms with Gasteiger partial charge in [0.1, 0.15) is 18.1 Å². The Morgan fingerprint density at radius 2 is 1.83 bits per heavy atom. The average Bonchev–Trinajstić information content (AvgIpc) is 3.07. The van der Waals surface area contributed by atoms with E-state index in [1.807, 2.05) is 49.4 Å². The molecule has 2 aromatic carbocycles. The molecule has 1 amide bonds. The molecule has 0 saturated carbocycles. The van der Waals surface area contributed by atoms with Crippen LogP contribution in [0.3, 0.4) is 0 Å². The second-order valence-corrected chi connectivity index (χ2v) is 6.85. The zero-order valence-corrected chi connectivity index (χ0v) is 16.7. The van der Waals surface area contributed by atoms with Crippen molar-refractivity contribution < 1.29 is 9.53 Å². The number of benzene rings is 2. The van der Waals surface area contributed by atoms with Gasteiger partial charge in [0.15, 0.2) is 5.65 Å². The topological polar surface area (TPSA) is 90.5 Å². The van der Waals surface area contributed by atoms with Crippen molar-refractivity contribution in [2.75, 3.05) is 7.11 Å². The normalized spacial score (nSPS) is 10.9. The Morgan fingerprint density at radius 1 is 1.10 bits per heavy atom. The summed E-state index contributed by atoms with van der Waals surface area (Å²) >= 11 is 0. The summed E-state index contributed by atoms with van der Waals surface area (Å²) in [5, 5.41) is 7.14. The summed E-state index contributed by atoms with van der Waals surface area (Å²) < 4.78 is 7.77. The number of aryl methyl sites for hydroxylation is 1. The highest BCUT2D eigenvalue weighted by Crippen LogP contribution is 2.21. The fraction of sp³-hybridized carbons (Fsp3) is 0.182. The standard InChI is InChI=1S/C22H21N5O3/c1-15-12-19-25-26(14-20(28)23-13-16-6-4-3-5-7-16)22(29)27(19)21(24-15)17-8-10-18(30-2)11-9-17/h3-12H,13-14H2,1-2H3,(H,23,28). The minimum absolute atomic E-state index is 0.172. The molecule has 8 heteroatoms. The van der Waals surface area contributed by atoms with Crippen LogP contribution in [0.4, 0.5) is 0 Å². The van der Waals surface area contributed by atoms with Crippen LogP contribution in [0.25, 0.3) is 17.0 Å². The van der Waals surface area contributed by atoms with E-state index in [1.165, 1.54) is 4.40 Å². The van der Waals surface area contributed by atoms with E-state index in [1.54, 1.807) is 25.3 Å². The van der Waals surface area contributed by atoms with E-state index in [0.717, 1.165) is 21.5 Å². The summed E-state index contributed by atoms with van der Waals surface area (Å²) in [6, 6.07) is 18.6. The second kappa shape index (κ2) is 8.20. The van der Waals surface area contributed by atoms with Gasteiger partial charge in [-0.2, -0.15) is 0 Å². The van der Waals surface area contributed by atoms with Crippen molar-refractivity contribution in [3.8, 4) is 17.1 Å². The van der Waals surface area contributed by atoms with E-state index in [4.69, 9.17) is 4.74 Å². The number of ether oxygens (including phenoxy) is 1. The monoisotopic (exact) mass is 403 g/mol. The fourth-order valence-electron chi connectivity index (χ4n) is 3.18. The molecule has 0 aliphatic heterocycles. The summed E-state index contributed by atoms with van der Waals surface area (Å²) in [7, 11) is 1.59. The second-order valence-electron chi connectivity index (χ2n) is 6.85. The molecule has 0 saturated heterocycles. The van der Waals surface area contributed by atoms with Gasteiger partial charge < -0.3 is 10.1 Å². The minimum atomic E-state index is -0.418. The molecule has 30 heavy (non-hydrogen) atoms. The first-order valence-electron chi connectivity index (χ1n) is 9.47. The SMILES string of the molecule is COc1ccc(-c2nc(C)cc3nn(CC(=O)NCc4ccccc4)c(=O)n23)cc1. The van der Waals surface area contributed by atoms with Gasteiger partial charge in [-0.05, 0) is 36.8 Å². The molecule has 0 radical (unpaired) electrons. The molecule has 0 spiro atoms. The number of nitrogens with one attached hydrogen (secondary N) is 1. The molecule has 2 aromatic heterocycles. The zero-order chi connectivity index (χ0) is 21.1. The molecule has 2 heterocycles. The predicted octanol–water partition coefficient (Wildman–Crippen LogP) is 2.19. The molecule has 0 atom stereocenters. The molecule has 4 aromatic rings. The molecule has 0 aliphatic carbocycles. The molecular formula is C22H21N5O3. The third kappa shape index (κ3) is 3.93. The van der Waals surface area contributed by atoms with Crippen LogP contribution in [0.5, 0.6) is 5.75 Å². The van der Waals surface area contributed by atoms with E-state index in [2.05, 4.69) is 15.4 Å². The van der Waals surface area contributed by atoms with E-state index < -0.39 is 5.69 Å². The van der Waals surface area contributed by atoms with Crippen LogP contribution < -0.4 is 15.7 Å². The van der Waals surface area contributed by atoms with Crippen LogP contribution in [-0.4, -0.2) is 32.2 Å². The first-order chi connectivity index (χ1) is 14.5. The summed E-state index contributed by atoms with van der Waals surface area (Å²) in [5.74, 6) is 0.884.